The number of carbonyl (C=O) groups excluding carboxylic acids is 1. The molecule has 0 aliphatic carbocycles. The number of anilines is 1. The van der Waals surface area contributed by atoms with Crippen molar-refractivity contribution in [3.05, 3.63) is 48.3 Å². The number of hydrogen-bond acceptors (Lipinski definition) is 4. The van der Waals surface area contributed by atoms with Crippen LogP contribution in [0.1, 0.15) is 32.4 Å². The molecular formula is C20H28N4O2. The molecule has 1 amide bonds. The zero-order chi connectivity index (χ0) is 18.7. The Labute approximate surface area is 155 Å². The molecule has 140 valence electrons. The Morgan fingerprint density at radius 3 is 2.62 bits per heavy atom. The van der Waals surface area contributed by atoms with Crippen molar-refractivity contribution in [1.29, 1.82) is 0 Å². The van der Waals surface area contributed by atoms with Crippen LogP contribution in [0.25, 0.3) is 0 Å². The van der Waals surface area contributed by atoms with Gasteiger partial charge in [-0.3, -0.25) is 14.4 Å². The van der Waals surface area contributed by atoms with Gasteiger partial charge in [-0.05, 0) is 11.0 Å². The Kier molecular flexibility index (Phi) is 5.44. The number of benzene rings is 1. The van der Waals surface area contributed by atoms with Crippen LogP contribution in [0.4, 0.5) is 5.69 Å². The van der Waals surface area contributed by atoms with E-state index in [1.54, 1.807) is 17.1 Å². The fourth-order valence-electron chi connectivity index (χ4n) is 3.18. The molecule has 2 heterocycles. The van der Waals surface area contributed by atoms with E-state index in [-0.39, 0.29) is 23.5 Å². The lowest BCUT2D eigenvalue weighted by molar-refractivity contribution is -0.137. The van der Waals surface area contributed by atoms with E-state index in [0.29, 0.717) is 13.1 Å². The molecule has 6 heteroatoms. The number of amides is 1. The van der Waals surface area contributed by atoms with E-state index >= 15 is 0 Å². The molecule has 1 saturated heterocycles. The third-order valence-corrected chi connectivity index (χ3v) is 4.67. The predicted octanol–water partition coefficient (Wildman–Crippen LogP) is 2.85. The van der Waals surface area contributed by atoms with Gasteiger partial charge in [-0.25, -0.2) is 0 Å². The third kappa shape index (κ3) is 4.71. The molecular weight excluding hydrogens is 328 g/mol. The number of aryl methyl sites for hydroxylation is 1. The van der Waals surface area contributed by atoms with Crippen molar-refractivity contribution in [2.24, 2.45) is 12.5 Å². The molecule has 2 atom stereocenters. The van der Waals surface area contributed by atoms with Crippen LogP contribution in [0.5, 0.6) is 0 Å². The first-order valence-corrected chi connectivity index (χ1v) is 9.02. The Morgan fingerprint density at radius 1 is 1.27 bits per heavy atom. The Balaban J connectivity index is 1.69. The monoisotopic (exact) mass is 356 g/mol. The second-order valence-electron chi connectivity index (χ2n) is 8.04. The molecule has 3 rings (SSSR count). The van der Waals surface area contributed by atoms with Crippen LogP contribution in [0.2, 0.25) is 0 Å². The van der Waals surface area contributed by atoms with E-state index < -0.39 is 0 Å². The SMILES string of the molecule is Cn1cc(NC(=O)CN2C[C@@H](c3ccccc3)O[C@@H](C(C)(C)C)C2)cn1. The Bertz CT molecular complexity index is 736. The van der Waals surface area contributed by atoms with Crippen molar-refractivity contribution in [1.82, 2.24) is 14.7 Å². The maximum absolute atomic E-state index is 12.5. The van der Waals surface area contributed by atoms with Gasteiger partial charge in [0.05, 0.1) is 30.6 Å². The van der Waals surface area contributed by atoms with Crippen LogP contribution in [0.3, 0.4) is 0 Å². The van der Waals surface area contributed by atoms with E-state index in [1.807, 2.05) is 25.2 Å². The Morgan fingerprint density at radius 2 is 2.00 bits per heavy atom. The molecule has 1 aliphatic rings. The predicted molar refractivity (Wildman–Crippen MR) is 102 cm³/mol. The highest BCUT2D eigenvalue weighted by Gasteiger charge is 2.36. The first-order chi connectivity index (χ1) is 12.3. The standard InChI is InChI=1S/C20H28N4O2/c1-20(2,3)18-13-24(12-17(26-18)15-8-6-5-7-9-15)14-19(25)22-16-10-21-23(4)11-16/h5-11,17-18H,12-14H2,1-4H3,(H,22,25)/t17-,18+/m0/s1. The number of nitrogens with zero attached hydrogens (tertiary/aromatic N) is 3. The second kappa shape index (κ2) is 7.60. The van der Waals surface area contributed by atoms with Gasteiger partial charge in [0.2, 0.25) is 5.91 Å². The highest BCUT2D eigenvalue weighted by Crippen LogP contribution is 2.33. The van der Waals surface area contributed by atoms with Gasteiger partial charge in [-0.15, -0.1) is 0 Å². The van der Waals surface area contributed by atoms with E-state index in [2.05, 4.69) is 48.2 Å². The normalized spacial score (nSPS) is 21.5. The van der Waals surface area contributed by atoms with Gasteiger partial charge >= 0.3 is 0 Å². The molecule has 0 bridgehead atoms. The van der Waals surface area contributed by atoms with Gasteiger partial charge < -0.3 is 10.1 Å². The lowest BCUT2D eigenvalue weighted by Gasteiger charge is -2.43. The first-order valence-electron chi connectivity index (χ1n) is 9.02. The van der Waals surface area contributed by atoms with Crippen LogP contribution < -0.4 is 5.32 Å². The number of ether oxygens (including phenoxy) is 1. The average Bonchev–Trinajstić information content (AvgIpc) is 2.99. The lowest BCUT2D eigenvalue weighted by atomic mass is 9.87. The molecule has 1 aromatic heterocycles. The fourth-order valence-corrected chi connectivity index (χ4v) is 3.18. The second-order valence-corrected chi connectivity index (χ2v) is 8.04. The van der Waals surface area contributed by atoms with Gasteiger partial charge in [0.1, 0.15) is 0 Å². The average molecular weight is 356 g/mol. The summed E-state index contributed by atoms with van der Waals surface area (Å²) in [4.78, 5) is 14.6. The van der Waals surface area contributed by atoms with Gasteiger partial charge in [0.25, 0.3) is 0 Å². The van der Waals surface area contributed by atoms with E-state index in [0.717, 1.165) is 17.8 Å². The molecule has 1 fully saturated rings. The molecule has 0 radical (unpaired) electrons. The molecule has 26 heavy (non-hydrogen) atoms. The maximum atomic E-state index is 12.5. The van der Waals surface area contributed by atoms with Gasteiger partial charge in [0.15, 0.2) is 0 Å². The molecule has 0 unspecified atom stereocenters. The molecule has 0 saturated carbocycles. The maximum Gasteiger partial charge on any atom is 0.238 e. The van der Waals surface area contributed by atoms with Crippen molar-refractivity contribution in [2.45, 2.75) is 33.0 Å². The Hall–Kier alpha value is -2.18. The van der Waals surface area contributed by atoms with E-state index in [4.69, 9.17) is 4.74 Å². The minimum atomic E-state index is -0.0284. The molecule has 0 spiro atoms. The smallest absolute Gasteiger partial charge is 0.238 e. The molecule has 2 aromatic rings. The summed E-state index contributed by atoms with van der Waals surface area (Å²) in [7, 11) is 1.83. The number of aromatic nitrogens is 2. The van der Waals surface area contributed by atoms with Crippen LogP contribution in [-0.2, 0) is 16.6 Å². The topological polar surface area (TPSA) is 59.4 Å². The van der Waals surface area contributed by atoms with Crippen LogP contribution >= 0.6 is 0 Å². The van der Waals surface area contributed by atoms with E-state index in [9.17, 15) is 4.79 Å². The molecule has 1 N–H and O–H groups in total. The van der Waals surface area contributed by atoms with Crippen molar-refractivity contribution in [3.63, 3.8) is 0 Å². The number of rotatable bonds is 4. The fraction of sp³-hybridized carbons (Fsp3) is 0.500. The molecule has 1 aromatic carbocycles. The van der Waals surface area contributed by atoms with Gasteiger partial charge in [-0.1, -0.05) is 51.1 Å². The summed E-state index contributed by atoms with van der Waals surface area (Å²) in [6.45, 7) is 8.33. The van der Waals surface area contributed by atoms with Crippen LogP contribution in [0, 0.1) is 5.41 Å². The van der Waals surface area contributed by atoms with Crippen molar-refractivity contribution in [2.75, 3.05) is 25.0 Å². The van der Waals surface area contributed by atoms with Crippen LogP contribution in [0.15, 0.2) is 42.7 Å². The lowest BCUT2D eigenvalue weighted by Crippen LogP contribution is -2.51. The van der Waals surface area contributed by atoms with E-state index in [1.165, 1.54) is 0 Å². The minimum absolute atomic E-state index is 0.00548. The summed E-state index contributed by atoms with van der Waals surface area (Å²) in [6, 6.07) is 10.2. The largest absolute Gasteiger partial charge is 0.367 e. The number of hydrogen-bond donors (Lipinski definition) is 1. The highest BCUT2D eigenvalue weighted by atomic mass is 16.5. The van der Waals surface area contributed by atoms with Gasteiger partial charge in [-0.2, -0.15) is 5.10 Å². The van der Waals surface area contributed by atoms with Crippen LogP contribution in [-0.4, -0.2) is 46.3 Å². The molecule has 1 aliphatic heterocycles. The third-order valence-electron chi connectivity index (χ3n) is 4.67. The summed E-state index contributed by atoms with van der Waals surface area (Å²) < 4.78 is 8.06. The zero-order valence-electron chi connectivity index (χ0n) is 16.0. The first kappa shape index (κ1) is 18.6. The van der Waals surface area contributed by atoms with Gasteiger partial charge in [0, 0.05) is 26.3 Å². The zero-order valence-corrected chi connectivity index (χ0v) is 16.0. The van der Waals surface area contributed by atoms with Crippen molar-refractivity contribution < 1.29 is 9.53 Å². The summed E-state index contributed by atoms with van der Waals surface area (Å²) in [5.74, 6) is -0.0284. The number of nitrogens with one attached hydrogen (secondary N) is 1. The number of morpholine rings is 1. The number of carbonyl (C=O) groups is 1. The van der Waals surface area contributed by atoms with Crippen molar-refractivity contribution in [3.8, 4) is 0 Å². The molecule has 6 nitrogen and oxygen atoms in total. The highest BCUT2D eigenvalue weighted by molar-refractivity contribution is 5.91. The summed E-state index contributed by atoms with van der Waals surface area (Å²) >= 11 is 0. The van der Waals surface area contributed by atoms with Crippen molar-refractivity contribution >= 4 is 11.6 Å². The summed E-state index contributed by atoms with van der Waals surface area (Å²) in [5, 5.41) is 6.99. The summed E-state index contributed by atoms with van der Waals surface area (Å²) in [6.07, 6.45) is 3.48. The minimum Gasteiger partial charge on any atom is -0.367 e. The summed E-state index contributed by atoms with van der Waals surface area (Å²) in [5.41, 5.74) is 1.88. The quantitative estimate of drug-likeness (QED) is 0.915.